The standard InChI is InChI=1S/C14H14N6O/c1-9-13(16-7-17-14(9)21-2)20-8-18-12(19-20)10-3-5-11(15)6-4-10/h3-8H,15H2,1-2H3. The minimum absolute atomic E-state index is 0.518. The van der Waals surface area contributed by atoms with E-state index in [2.05, 4.69) is 20.1 Å². The fraction of sp³-hybridized carbons (Fsp3) is 0.143. The van der Waals surface area contributed by atoms with Gasteiger partial charge in [0.25, 0.3) is 0 Å². The van der Waals surface area contributed by atoms with Crippen LogP contribution in [0.1, 0.15) is 5.56 Å². The molecule has 106 valence electrons. The predicted molar refractivity (Wildman–Crippen MR) is 78.1 cm³/mol. The third-order valence-corrected chi connectivity index (χ3v) is 3.08. The first-order chi connectivity index (χ1) is 10.2. The molecular formula is C14H14N6O. The van der Waals surface area contributed by atoms with E-state index >= 15 is 0 Å². The molecule has 0 radical (unpaired) electrons. The molecule has 0 spiro atoms. The third kappa shape index (κ3) is 2.40. The van der Waals surface area contributed by atoms with Crippen LogP contribution in [0.2, 0.25) is 0 Å². The Morgan fingerprint density at radius 2 is 1.86 bits per heavy atom. The van der Waals surface area contributed by atoms with Crippen molar-refractivity contribution >= 4 is 5.69 Å². The van der Waals surface area contributed by atoms with E-state index in [1.54, 1.807) is 18.1 Å². The van der Waals surface area contributed by atoms with E-state index in [0.717, 1.165) is 11.1 Å². The number of nitrogen functional groups attached to an aromatic ring is 1. The fourth-order valence-corrected chi connectivity index (χ4v) is 1.99. The van der Waals surface area contributed by atoms with Crippen LogP contribution in [0.3, 0.4) is 0 Å². The van der Waals surface area contributed by atoms with Crippen LogP contribution in [0.25, 0.3) is 17.2 Å². The molecule has 0 aliphatic carbocycles. The number of benzene rings is 1. The Labute approximate surface area is 121 Å². The molecule has 3 aromatic rings. The number of hydrogen-bond donors (Lipinski definition) is 1. The number of rotatable bonds is 3. The average molecular weight is 282 g/mol. The quantitative estimate of drug-likeness (QED) is 0.734. The first kappa shape index (κ1) is 13.0. The molecule has 0 saturated carbocycles. The molecule has 0 aliphatic rings. The molecule has 0 aliphatic heterocycles. The molecule has 2 heterocycles. The number of nitrogens with two attached hydrogens (primary N) is 1. The lowest BCUT2D eigenvalue weighted by Gasteiger charge is -2.06. The molecule has 0 atom stereocenters. The Balaban J connectivity index is 2.00. The van der Waals surface area contributed by atoms with Gasteiger partial charge < -0.3 is 10.5 Å². The maximum absolute atomic E-state index is 5.68. The summed E-state index contributed by atoms with van der Waals surface area (Å²) in [6.07, 6.45) is 3.05. The molecule has 2 N–H and O–H groups in total. The third-order valence-electron chi connectivity index (χ3n) is 3.08. The van der Waals surface area contributed by atoms with Gasteiger partial charge in [0.05, 0.1) is 12.7 Å². The van der Waals surface area contributed by atoms with E-state index < -0.39 is 0 Å². The highest BCUT2D eigenvalue weighted by Gasteiger charge is 2.12. The monoisotopic (exact) mass is 282 g/mol. The van der Waals surface area contributed by atoms with Crippen LogP contribution in [0.5, 0.6) is 5.88 Å². The summed E-state index contributed by atoms with van der Waals surface area (Å²) in [4.78, 5) is 12.6. The smallest absolute Gasteiger partial charge is 0.221 e. The average Bonchev–Trinajstić information content (AvgIpc) is 2.98. The van der Waals surface area contributed by atoms with Crippen LogP contribution < -0.4 is 10.5 Å². The second-order valence-corrected chi connectivity index (χ2v) is 4.47. The zero-order valence-corrected chi connectivity index (χ0v) is 11.7. The number of hydrogen-bond acceptors (Lipinski definition) is 6. The Kier molecular flexibility index (Phi) is 3.23. The number of ether oxygens (including phenoxy) is 1. The normalized spacial score (nSPS) is 10.6. The lowest BCUT2D eigenvalue weighted by molar-refractivity contribution is 0.392. The zero-order valence-electron chi connectivity index (χ0n) is 11.7. The highest BCUT2D eigenvalue weighted by molar-refractivity contribution is 5.58. The SMILES string of the molecule is COc1ncnc(-n2cnc(-c3ccc(N)cc3)n2)c1C. The van der Waals surface area contributed by atoms with Gasteiger partial charge in [0, 0.05) is 11.3 Å². The molecule has 0 saturated heterocycles. The van der Waals surface area contributed by atoms with Gasteiger partial charge in [0.1, 0.15) is 12.7 Å². The number of anilines is 1. The van der Waals surface area contributed by atoms with Crippen molar-refractivity contribution in [3.05, 3.63) is 42.5 Å². The molecule has 0 amide bonds. The topological polar surface area (TPSA) is 91.7 Å². The predicted octanol–water partition coefficient (Wildman–Crippen LogP) is 1.62. The van der Waals surface area contributed by atoms with Crippen molar-refractivity contribution in [2.75, 3.05) is 12.8 Å². The molecule has 1 aromatic carbocycles. The van der Waals surface area contributed by atoms with E-state index in [9.17, 15) is 0 Å². The highest BCUT2D eigenvalue weighted by Crippen LogP contribution is 2.20. The number of aromatic nitrogens is 5. The molecule has 7 nitrogen and oxygen atoms in total. The zero-order chi connectivity index (χ0) is 14.8. The van der Waals surface area contributed by atoms with E-state index in [0.29, 0.717) is 23.2 Å². The van der Waals surface area contributed by atoms with Crippen molar-refractivity contribution in [3.63, 3.8) is 0 Å². The molecule has 0 unspecified atom stereocenters. The lowest BCUT2D eigenvalue weighted by Crippen LogP contribution is -2.04. The van der Waals surface area contributed by atoms with Gasteiger partial charge in [-0.05, 0) is 31.2 Å². The summed E-state index contributed by atoms with van der Waals surface area (Å²) in [5.74, 6) is 1.76. The van der Waals surface area contributed by atoms with Gasteiger partial charge >= 0.3 is 0 Å². The molecule has 0 fully saturated rings. The van der Waals surface area contributed by atoms with Crippen molar-refractivity contribution in [1.82, 2.24) is 24.7 Å². The molecular weight excluding hydrogens is 268 g/mol. The summed E-state index contributed by atoms with van der Waals surface area (Å²) in [6.45, 7) is 1.87. The van der Waals surface area contributed by atoms with Crippen LogP contribution in [0.4, 0.5) is 5.69 Å². The summed E-state index contributed by atoms with van der Waals surface area (Å²) < 4.78 is 6.79. The van der Waals surface area contributed by atoms with Crippen LogP contribution in [-0.2, 0) is 0 Å². The van der Waals surface area contributed by atoms with E-state index in [-0.39, 0.29) is 0 Å². The molecule has 21 heavy (non-hydrogen) atoms. The first-order valence-electron chi connectivity index (χ1n) is 6.32. The minimum atomic E-state index is 0.518. The largest absolute Gasteiger partial charge is 0.481 e. The van der Waals surface area contributed by atoms with Crippen molar-refractivity contribution in [3.8, 4) is 23.1 Å². The highest BCUT2D eigenvalue weighted by atomic mass is 16.5. The van der Waals surface area contributed by atoms with Crippen LogP contribution in [0, 0.1) is 6.92 Å². The summed E-state index contributed by atoms with van der Waals surface area (Å²) in [5.41, 5.74) is 8.07. The molecule has 3 rings (SSSR count). The van der Waals surface area contributed by atoms with Gasteiger partial charge in [-0.3, -0.25) is 0 Å². The van der Waals surface area contributed by atoms with Gasteiger partial charge in [0.15, 0.2) is 11.6 Å². The summed E-state index contributed by atoms with van der Waals surface area (Å²) >= 11 is 0. The van der Waals surface area contributed by atoms with Crippen molar-refractivity contribution in [2.24, 2.45) is 0 Å². The fourth-order valence-electron chi connectivity index (χ4n) is 1.99. The van der Waals surface area contributed by atoms with Crippen molar-refractivity contribution in [1.29, 1.82) is 0 Å². The minimum Gasteiger partial charge on any atom is -0.481 e. The molecule has 0 bridgehead atoms. The Morgan fingerprint density at radius 1 is 1.10 bits per heavy atom. The Hall–Kier alpha value is -2.96. The first-order valence-corrected chi connectivity index (χ1v) is 6.32. The summed E-state index contributed by atoms with van der Waals surface area (Å²) in [7, 11) is 1.57. The second kappa shape index (κ2) is 5.20. The van der Waals surface area contributed by atoms with E-state index in [1.807, 2.05) is 31.2 Å². The Bertz CT molecular complexity index is 765. The number of nitrogens with zero attached hydrogens (tertiary/aromatic N) is 5. The lowest BCUT2D eigenvalue weighted by atomic mass is 10.2. The van der Waals surface area contributed by atoms with Crippen LogP contribution in [-0.4, -0.2) is 31.8 Å². The van der Waals surface area contributed by atoms with Gasteiger partial charge in [0.2, 0.25) is 5.88 Å². The summed E-state index contributed by atoms with van der Waals surface area (Å²) in [5, 5.41) is 4.44. The second-order valence-electron chi connectivity index (χ2n) is 4.47. The van der Waals surface area contributed by atoms with Gasteiger partial charge in [-0.15, -0.1) is 5.10 Å². The van der Waals surface area contributed by atoms with E-state index in [1.165, 1.54) is 6.33 Å². The maximum atomic E-state index is 5.68. The van der Waals surface area contributed by atoms with Gasteiger partial charge in [-0.25, -0.2) is 19.6 Å². The molecule has 7 heteroatoms. The van der Waals surface area contributed by atoms with Crippen molar-refractivity contribution < 1.29 is 4.74 Å². The van der Waals surface area contributed by atoms with E-state index in [4.69, 9.17) is 10.5 Å². The molecule has 2 aromatic heterocycles. The van der Waals surface area contributed by atoms with Gasteiger partial charge in [-0.1, -0.05) is 0 Å². The maximum Gasteiger partial charge on any atom is 0.221 e. The van der Waals surface area contributed by atoms with Gasteiger partial charge in [-0.2, -0.15) is 0 Å². The van der Waals surface area contributed by atoms with Crippen molar-refractivity contribution in [2.45, 2.75) is 6.92 Å². The van der Waals surface area contributed by atoms with Crippen LogP contribution >= 0.6 is 0 Å². The van der Waals surface area contributed by atoms with Crippen LogP contribution in [0.15, 0.2) is 36.9 Å². The number of methoxy groups -OCH3 is 1. The summed E-state index contributed by atoms with van der Waals surface area (Å²) in [6, 6.07) is 7.38. The Morgan fingerprint density at radius 3 is 2.57 bits per heavy atom.